The number of carbonyl (C=O) groups excluding carboxylic acids is 3. The Morgan fingerprint density at radius 2 is 1.27 bits per heavy atom. The van der Waals surface area contributed by atoms with E-state index in [0.29, 0.717) is 12.8 Å². The predicted molar refractivity (Wildman–Crippen MR) is 130 cm³/mol. The Balaban J connectivity index is 4.30. The van der Waals surface area contributed by atoms with Crippen LogP contribution in [0.25, 0.3) is 0 Å². The monoisotopic (exact) mass is 469 g/mol. The average molecular weight is 470 g/mol. The zero-order valence-corrected chi connectivity index (χ0v) is 21.0. The van der Waals surface area contributed by atoms with Crippen LogP contribution in [0.1, 0.15) is 117 Å². The van der Waals surface area contributed by atoms with Gasteiger partial charge in [0.25, 0.3) is 0 Å². The lowest BCUT2D eigenvalue weighted by Gasteiger charge is -2.22. The molecular weight excluding hydrogens is 422 g/mol. The van der Waals surface area contributed by atoms with Crippen LogP contribution >= 0.6 is 0 Å². The van der Waals surface area contributed by atoms with Crippen LogP contribution in [0.5, 0.6) is 0 Å². The zero-order chi connectivity index (χ0) is 25.1. The number of rotatable bonds is 21. The van der Waals surface area contributed by atoms with Gasteiger partial charge in [-0.25, -0.2) is 4.79 Å². The van der Waals surface area contributed by atoms with Crippen LogP contribution in [0.15, 0.2) is 0 Å². The van der Waals surface area contributed by atoms with Crippen molar-refractivity contribution in [3.8, 4) is 0 Å². The molecule has 0 saturated carbocycles. The third-order valence-corrected chi connectivity index (χ3v) is 5.66. The van der Waals surface area contributed by atoms with Crippen LogP contribution in [0.2, 0.25) is 0 Å². The van der Waals surface area contributed by atoms with Crippen molar-refractivity contribution in [3.63, 3.8) is 0 Å². The van der Waals surface area contributed by atoms with E-state index in [1.54, 1.807) is 0 Å². The molecule has 192 valence electrons. The second-order valence-corrected chi connectivity index (χ2v) is 9.44. The highest BCUT2D eigenvalue weighted by Crippen LogP contribution is 2.12. The van der Waals surface area contributed by atoms with E-state index < -0.39 is 29.9 Å². The number of hydrogen-bond donors (Lipinski definition) is 4. The van der Waals surface area contributed by atoms with E-state index in [1.165, 1.54) is 51.4 Å². The summed E-state index contributed by atoms with van der Waals surface area (Å²) in [7, 11) is 0. The van der Waals surface area contributed by atoms with Gasteiger partial charge < -0.3 is 21.5 Å². The lowest BCUT2D eigenvalue weighted by Crippen LogP contribution is -2.52. The minimum Gasteiger partial charge on any atom is -0.480 e. The van der Waals surface area contributed by atoms with E-state index in [9.17, 15) is 24.3 Å². The molecule has 0 fully saturated rings. The molecule has 0 aromatic heterocycles. The fraction of sp³-hybridized carbons (Fsp3) is 0.840. The van der Waals surface area contributed by atoms with Crippen LogP contribution in [0.3, 0.4) is 0 Å². The Morgan fingerprint density at radius 3 is 1.73 bits per heavy atom. The molecule has 0 heterocycles. The van der Waals surface area contributed by atoms with Gasteiger partial charge in [-0.05, 0) is 25.2 Å². The second-order valence-electron chi connectivity index (χ2n) is 9.44. The molecular formula is C25H47N3O5. The van der Waals surface area contributed by atoms with Gasteiger partial charge in [0.05, 0.1) is 0 Å². The minimum atomic E-state index is -1.24. The summed E-state index contributed by atoms with van der Waals surface area (Å²) in [5, 5.41) is 14.5. The number of primary amides is 1. The molecule has 3 amide bonds. The zero-order valence-electron chi connectivity index (χ0n) is 21.0. The Bertz CT molecular complexity index is 580. The number of carbonyl (C=O) groups is 4. The van der Waals surface area contributed by atoms with Crippen LogP contribution in [-0.4, -0.2) is 40.9 Å². The predicted octanol–water partition coefficient (Wildman–Crippen LogP) is 4.05. The molecule has 2 atom stereocenters. The highest BCUT2D eigenvalue weighted by molar-refractivity contribution is 5.90. The second kappa shape index (κ2) is 19.4. The number of nitrogens with two attached hydrogens (primary N) is 1. The number of nitrogens with one attached hydrogen (secondary N) is 2. The van der Waals surface area contributed by atoms with Crippen LogP contribution < -0.4 is 16.4 Å². The first kappa shape index (κ1) is 30.9. The fourth-order valence-electron chi connectivity index (χ4n) is 3.74. The summed E-state index contributed by atoms with van der Waals surface area (Å²) in [4.78, 5) is 47.3. The molecule has 0 bridgehead atoms. The van der Waals surface area contributed by atoms with Gasteiger partial charge >= 0.3 is 5.97 Å². The van der Waals surface area contributed by atoms with Crippen LogP contribution in [0.4, 0.5) is 0 Å². The summed E-state index contributed by atoms with van der Waals surface area (Å²) in [5.41, 5.74) is 5.08. The number of hydrogen-bond acceptors (Lipinski definition) is 4. The Kier molecular flexibility index (Phi) is 18.1. The summed E-state index contributed by atoms with van der Waals surface area (Å²) < 4.78 is 0. The molecule has 0 aliphatic heterocycles. The quantitative estimate of drug-likeness (QED) is 0.188. The Hall–Kier alpha value is -2.12. The maximum atomic E-state index is 12.6. The molecule has 5 N–H and O–H groups in total. The van der Waals surface area contributed by atoms with Gasteiger partial charge in [-0.3, -0.25) is 14.4 Å². The van der Waals surface area contributed by atoms with Crippen LogP contribution in [-0.2, 0) is 19.2 Å². The van der Waals surface area contributed by atoms with Gasteiger partial charge in [0.2, 0.25) is 17.7 Å². The summed E-state index contributed by atoms with van der Waals surface area (Å²) >= 11 is 0. The van der Waals surface area contributed by atoms with Crippen molar-refractivity contribution in [1.82, 2.24) is 10.6 Å². The Labute approximate surface area is 199 Å². The van der Waals surface area contributed by atoms with E-state index in [0.717, 1.165) is 19.3 Å². The molecule has 0 saturated heterocycles. The molecule has 33 heavy (non-hydrogen) atoms. The topological polar surface area (TPSA) is 139 Å². The van der Waals surface area contributed by atoms with Crippen LogP contribution in [0, 0.1) is 5.92 Å². The summed E-state index contributed by atoms with van der Waals surface area (Å²) in [6, 6.07) is -2.02. The lowest BCUT2D eigenvalue weighted by atomic mass is 10.0. The van der Waals surface area contributed by atoms with Gasteiger partial charge in [0.1, 0.15) is 12.1 Å². The summed E-state index contributed by atoms with van der Waals surface area (Å²) in [6.07, 6.45) is 13.7. The average Bonchev–Trinajstić information content (AvgIpc) is 2.73. The summed E-state index contributed by atoms with van der Waals surface area (Å²) in [6.45, 7) is 6.08. The molecule has 8 nitrogen and oxygen atoms in total. The van der Waals surface area contributed by atoms with Crippen molar-refractivity contribution in [2.75, 3.05) is 0 Å². The smallest absolute Gasteiger partial charge is 0.326 e. The van der Waals surface area contributed by atoms with E-state index in [4.69, 9.17) is 5.73 Å². The SMILES string of the molecule is CCCCCCCCCCCCCC(=O)N[C@@H](CC(C)C)C(=O)N[C@@H](CCC(N)=O)C(=O)O. The standard InChI is InChI=1S/C25H47N3O5/c1-4-5-6-7-8-9-10-11-12-13-14-15-23(30)27-21(18-19(2)3)24(31)28-20(25(32)33)16-17-22(26)29/h19-21H,4-18H2,1-3H3,(H2,26,29)(H,27,30)(H,28,31)(H,32,33)/t20-,21-/m0/s1. The number of aliphatic carboxylic acids is 1. The normalized spacial score (nSPS) is 12.8. The Morgan fingerprint density at radius 1 is 0.758 bits per heavy atom. The maximum absolute atomic E-state index is 12.6. The van der Waals surface area contributed by atoms with Crippen molar-refractivity contribution >= 4 is 23.7 Å². The van der Waals surface area contributed by atoms with Gasteiger partial charge in [0.15, 0.2) is 0 Å². The molecule has 0 aromatic rings. The van der Waals surface area contributed by atoms with Gasteiger partial charge in [-0.1, -0.05) is 85.0 Å². The van der Waals surface area contributed by atoms with Crippen molar-refractivity contribution in [1.29, 1.82) is 0 Å². The summed E-state index contributed by atoms with van der Waals surface area (Å²) in [5.74, 6) is -2.48. The van der Waals surface area contributed by atoms with Crippen molar-refractivity contribution in [2.45, 2.75) is 129 Å². The number of amides is 3. The third kappa shape index (κ3) is 18.0. The first-order valence-electron chi connectivity index (χ1n) is 12.8. The molecule has 0 aliphatic rings. The van der Waals surface area contributed by atoms with Gasteiger partial charge in [-0.2, -0.15) is 0 Å². The fourth-order valence-corrected chi connectivity index (χ4v) is 3.74. The van der Waals surface area contributed by atoms with Crippen molar-refractivity contribution in [2.24, 2.45) is 11.7 Å². The molecule has 0 rings (SSSR count). The number of unbranched alkanes of at least 4 members (excludes halogenated alkanes) is 10. The maximum Gasteiger partial charge on any atom is 0.326 e. The largest absolute Gasteiger partial charge is 0.480 e. The molecule has 0 aromatic carbocycles. The van der Waals surface area contributed by atoms with E-state index >= 15 is 0 Å². The highest BCUT2D eigenvalue weighted by Gasteiger charge is 2.27. The van der Waals surface area contributed by atoms with Crippen molar-refractivity contribution < 1.29 is 24.3 Å². The van der Waals surface area contributed by atoms with E-state index in [2.05, 4.69) is 17.6 Å². The molecule has 0 aliphatic carbocycles. The first-order valence-corrected chi connectivity index (χ1v) is 12.8. The minimum absolute atomic E-state index is 0.0858. The van der Waals surface area contributed by atoms with Crippen molar-refractivity contribution in [3.05, 3.63) is 0 Å². The lowest BCUT2D eigenvalue weighted by molar-refractivity contribution is -0.142. The highest BCUT2D eigenvalue weighted by atomic mass is 16.4. The van der Waals surface area contributed by atoms with Gasteiger partial charge in [0, 0.05) is 12.8 Å². The van der Waals surface area contributed by atoms with E-state index in [1.807, 2.05) is 13.8 Å². The van der Waals surface area contributed by atoms with E-state index in [-0.39, 0.29) is 24.7 Å². The van der Waals surface area contributed by atoms with Gasteiger partial charge in [-0.15, -0.1) is 0 Å². The molecule has 0 unspecified atom stereocenters. The first-order chi connectivity index (χ1) is 15.7. The molecule has 0 radical (unpaired) electrons. The molecule has 0 spiro atoms. The number of carboxylic acid groups (broad SMARTS) is 1. The number of carboxylic acids is 1. The third-order valence-electron chi connectivity index (χ3n) is 5.66. The molecule has 8 heteroatoms.